The smallest absolute Gasteiger partial charge is 0.270 e. The number of hydrogen-bond donors (Lipinski definition) is 3. The van der Waals surface area contributed by atoms with Gasteiger partial charge >= 0.3 is 0 Å². The van der Waals surface area contributed by atoms with Gasteiger partial charge in [-0.2, -0.15) is 0 Å². The van der Waals surface area contributed by atoms with Crippen molar-refractivity contribution < 1.29 is 14.5 Å². The summed E-state index contributed by atoms with van der Waals surface area (Å²) in [4.78, 5) is 34.9. The van der Waals surface area contributed by atoms with Gasteiger partial charge in [-0.15, -0.1) is 0 Å². The highest BCUT2D eigenvalue weighted by Gasteiger charge is 2.17. The second-order valence-corrected chi connectivity index (χ2v) is 6.24. The first kappa shape index (κ1) is 19.9. The van der Waals surface area contributed by atoms with Crippen molar-refractivity contribution in [3.63, 3.8) is 0 Å². The van der Waals surface area contributed by atoms with E-state index < -0.39 is 10.8 Å². The van der Waals surface area contributed by atoms with Crippen molar-refractivity contribution in [3.8, 4) is 0 Å². The minimum absolute atomic E-state index is 0.0993. The molecule has 0 bridgehead atoms. The lowest BCUT2D eigenvalue weighted by atomic mass is 10.1. The minimum Gasteiger partial charge on any atom is -0.387 e. The first-order chi connectivity index (χ1) is 12.7. The second-order valence-electron chi connectivity index (χ2n) is 6.24. The van der Waals surface area contributed by atoms with Gasteiger partial charge in [0.25, 0.3) is 11.6 Å². The molecule has 0 saturated heterocycles. The summed E-state index contributed by atoms with van der Waals surface area (Å²) in [6.45, 7) is 5.52. The van der Waals surface area contributed by atoms with Crippen molar-refractivity contribution >= 4 is 28.9 Å². The zero-order chi connectivity index (χ0) is 20.1. The molecule has 142 valence electrons. The fourth-order valence-electron chi connectivity index (χ4n) is 2.87. The first-order valence-electron chi connectivity index (χ1n) is 8.35. The van der Waals surface area contributed by atoms with Gasteiger partial charge in [0, 0.05) is 30.6 Å². The quantitative estimate of drug-likeness (QED) is 0.534. The molecule has 8 nitrogen and oxygen atoms in total. The average molecular weight is 370 g/mol. The monoisotopic (exact) mass is 370 g/mol. The summed E-state index contributed by atoms with van der Waals surface area (Å²) in [7, 11) is 1.60. The Morgan fingerprint density at radius 2 is 1.70 bits per heavy atom. The van der Waals surface area contributed by atoms with Crippen LogP contribution in [0.2, 0.25) is 0 Å². The molecular formula is C19H22N4O4. The largest absolute Gasteiger partial charge is 0.387 e. The van der Waals surface area contributed by atoms with Gasteiger partial charge in [-0.1, -0.05) is 17.7 Å². The number of nitro groups is 1. The molecule has 0 aromatic heterocycles. The number of non-ortho nitro benzene ring substituents is 1. The van der Waals surface area contributed by atoms with Crippen LogP contribution in [0.5, 0.6) is 0 Å². The SMILES string of the molecule is CNc1ccc([N+](=O)[O-])cc1C(=O)NCC(=O)Nc1c(C)cc(C)cc1C. The molecule has 2 amide bonds. The van der Waals surface area contributed by atoms with E-state index in [4.69, 9.17) is 0 Å². The maximum Gasteiger partial charge on any atom is 0.270 e. The first-order valence-corrected chi connectivity index (χ1v) is 8.35. The van der Waals surface area contributed by atoms with Gasteiger partial charge in [0.2, 0.25) is 5.91 Å². The molecule has 0 spiro atoms. The molecule has 0 fully saturated rings. The molecule has 27 heavy (non-hydrogen) atoms. The van der Waals surface area contributed by atoms with Gasteiger partial charge in [0.05, 0.1) is 17.0 Å². The fraction of sp³-hybridized carbons (Fsp3) is 0.263. The van der Waals surface area contributed by atoms with E-state index in [1.54, 1.807) is 7.05 Å². The van der Waals surface area contributed by atoms with Crippen LogP contribution < -0.4 is 16.0 Å². The Morgan fingerprint density at radius 1 is 1.07 bits per heavy atom. The van der Waals surface area contributed by atoms with E-state index in [-0.39, 0.29) is 23.7 Å². The van der Waals surface area contributed by atoms with Crippen molar-refractivity contribution in [2.75, 3.05) is 24.2 Å². The molecule has 0 saturated carbocycles. The summed E-state index contributed by atoms with van der Waals surface area (Å²) in [6.07, 6.45) is 0. The highest BCUT2D eigenvalue weighted by molar-refractivity contribution is 6.03. The van der Waals surface area contributed by atoms with Crippen LogP contribution >= 0.6 is 0 Å². The lowest BCUT2D eigenvalue weighted by Gasteiger charge is -2.14. The normalized spacial score (nSPS) is 10.2. The number of nitrogens with zero attached hydrogens (tertiary/aromatic N) is 1. The third-order valence-corrected chi connectivity index (χ3v) is 4.08. The van der Waals surface area contributed by atoms with Crippen LogP contribution in [0.4, 0.5) is 17.1 Å². The Balaban J connectivity index is 2.08. The van der Waals surface area contributed by atoms with E-state index in [2.05, 4.69) is 16.0 Å². The lowest BCUT2D eigenvalue weighted by molar-refractivity contribution is -0.384. The molecule has 2 aromatic rings. The van der Waals surface area contributed by atoms with Gasteiger partial charge in [-0.05, 0) is 38.0 Å². The lowest BCUT2D eigenvalue weighted by Crippen LogP contribution is -2.33. The van der Waals surface area contributed by atoms with E-state index in [1.165, 1.54) is 18.2 Å². The Bertz CT molecular complexity index is 886. The number of benzene rings is 2. The maximum absolute atomic E-state index is 12.4. The number of carbonyl (C=O) groups is 2. The van der Waals surface area contributed by atoms with Crippen molar-refractivity contribution in [1.29, 1.82) is 0 Å². The summed E-state index contributed by atoms with van der Waals surface area (Å²) >= 11 is 0. The molecule has 3 N–H and O–H groups in total. The van der Waals surface area contributed by atoms with Crippen molar-refractivity contribution in [2.45, 2.75) is 20.8 Å². The number of nitro benzene ring substituents is 1. The van der Waals surface area contributed by atoms with Crippen LogP contribution in [-0.4, -0.2) is 30.3 Å². The summed E-state index contributed by atoms with van der Waals surface area (Å²) in [5, 5.41) is 19.0. The van der Waals surface area contributed by atoms with Crippen LogP contribution in [0.15, 0.2) is 30.3 Å². The molecular weight excluding hydrogens is 348 g/mol. The van der Waals surface area contributed by atoms with Gasteiger partial charge in [-0.25, -0.2) is 0 Å². The van der Waals surface area contributed by atoms with E-state index in [0.717, 1.165) is 16.7 Å². The number of rotatable bonds is 6. The summed E-state index contributed by atoms with van der Waals surface area (Å²) < 4.78 is 0. The summed E-state index contributed by atoms with van der Waals surface area (Å²) in [5.74, 6) is -0.953. The standard InChI is InChI=1S/C19H22N4O4/c1-11-7-12(2)18(13(3)8-11)22-17(24)10-21-19(25)15-9-14(23(26)27)5-6-16(15)20-4/h5-9,20H,10H2,1-4H3,(H,21,25)(H,22,24). The number of aryl methyl sites for hydroxylation is 3. The summed E-state index contributed by atoms with van der Waals surface area (Å²) in [5.41, 5.74) is 4.01. The molecule has 0 aliphatic carbocycles. The Labute approximate surface area is 157 Å². The molecule has 0 radical (unpaired) electrons. The maximum atomic E-state index is 12.4. The van der Waals surface area contributed by atoms with Gasteiger partial charge in [-0.3, -0.25) is 19.7 Å². The molecule has 0 aliphatic rings. The van der Waals surface area contributed by atoms with Gasteiger partial charge in [0.15, 0.2) is 0 Å². The fourth-order valence-corrected chi connectivity index (χ4v) is 2.87. The third-order valence-electron chi connectivity index (χ3n) is 4.08. The summed E-state index contributed by atoms with van der Waals surface area (Å²) in [6, 6.07) is 7.85. The molecule has 0 atom stereocenters. The van der Waals surface area contributed by atoms with E-state index >= 15 is 0 Å². The topological polar surface area (TPSA) is 113 Å². The number of carbonyl (C=O) groups excluding carboxylic acids is 2. The number of nitrogens with one attached hydrogen (secondary N) is 3. The third kappa shape index (κ3) is 4.81. The number of anilines is 2. The van der Waals surface area contributed by atoms with Crippen LogP contribution in [0.3, 0.4) is 0 Å². The highest BCUT2D eigenvalue weighted by atomic mass is 16.6. The van der Waals surface area contributed by atoms with E-state index in [9.17, 15) is 19.7 Å². The molecule has 0 aliphatic heterocycles. The zero-order valence-corrected chi connectivity index (χ0v) is 15.7. The Morgan fingerprint density at radius 3 is 2.26 bits per heavy atom. The van der Waals surface area contributed by atoms with Crippen LogP contribution in [0.1, 0.15) is 27.0 Å². The molecule has 0 unspecified atom stereocenters. The van der Waals surface area contributed by atoms with Crippen LogP contribution in [0, 0.1) is 30.9 Å². The molecule has 2 rings (SSSR count). The number of hydrogen-bond acceptors (Lipinski definition) is 5. The number of amides is 2. The van der Waals surface area contributed by atoms with Gasteiger partial charge in [0.1, 0.15) is 0 Å². The predicted octanol–water partition coefficient (Wildman–Crippen LogP) is 2.93. The minimum atomic E-state index is -0.578. The van der Waals surface area contributed by atoms with Crippen LogP contribution in [0.25, 0.3) is 0 Å². The molecule has 8 heteroatoms. The van der Waals surface area contributed by atoms with Crippen LogP contribution in [-0.2, 0) is 4.79 Å². The average Bonchev–Trinajstić information content (AvgIpc) is 2.61. The van der Waals surface area contributed by atoms with Gasteiger partial charge < -0.3 is 16.0 Å². The van der Waals surface area contributed by atoms with E-state index in [0.29, 0.717) is 11.4 Å². The highest BCUT2D eigenvalue weighted by Crippen LogP contribution is 2.23. The predicted molar refractivity (Wildman–Crippen MR) is 104 cm³/mol. The molecule has 2 aromatic carbocycles. The zero-order valence-electron chi connectivity index (χ0n) is 15.7. The second kappa shape index (κ2) is 8.31. The molecule has 0 heterocycles. The van der Waals surface area contributed by atoms with Crippen molar-refractivity contribution in [1.82, 2.24) is 5.32 Å². The Kier molecular flexibility index (Phi) is 6.12. The van der Waals surface area contributed by atoms with E-state index in [1.807, 2.05) is 32.9 Å². The Hall–Kier alpha value is -3.42. The van der Waals surface area contributed by atoms with Crippen molar-refractivity contribution in [3.05, 3.63) is 62.7 Å². The van der Waals surface area contributed by atoms with Crippen molar-refractivity contribution in [2.24, 2.45) is 0 Å².